The third-order valence-electron chi connectivity index (χ3n) is 7.40. The Morgan fingerprint density at radius 2 is 1.34 bits per heavy atom. The molecule has 2 aromatic heterocycles. The van der Waals surface area contributed by atoms with Crippen LogP contribution in [0.15, 0.2) is 103 Å². The van der Waals surface area contributed by atoms with Crippen molar-refractivity contribution in [2.24, 2.45) is 0 Å². The summed E-state index contributed by atoms with van der Waals surface area (Å²) >= 11 is 0. The summed E-state index contributed by atoms with van der Waals surface area (Å²) in [6, 6.07) is 31.2. The van der Waals surface area contributed by atoms with E-state index in [1.54, 1.807) is 0 Å². The maximum Gasteiger partial charge on any atom is 0.0576 e. The number of aromatic nitrogens is 2. The lowest BCUT2D eigenvalue weighted by atomic mass is 9.90. The second-order valence-electron chi connectivity index (χ2n) is 8.93. The van der Waals surface area contributed by atoms with Gasteiger partial charge < -0.3 is 9.13 Å². The summed E-state index contributed by atoms with van der Waals surface area (Å²) in [6.45, 7) is 0. The largest absolute Gasteiger partial charge is 0.312 e. The molecule has 0 saturated heterocycles. The zero-order valence-corrected chi connectivity index (χ0v) is 17.5. The van der Waals surface area contributed by atoms with Crippen LogP contribution in [0.3, 0.4) is 0 Å². The molecule has 1 unspecified atom stereocenters. The maximum atomic E-state index is 2.55. The van der Waals surface area contributed by atoms with Gasteiger partial charge in [-0.2, -0.15) is 0 Å². The SMILES string of the molecule is C1=CCC2C(=C1)n1c3cccc4c3c3c(cccc3n4-c3ccccc3)c3cccc2c31. The number of hydrogen-bond donors (Lipinski definition) is 0. The van der Waals surface area contributed by atoms with Crippen molar-refractivity contribution in [3.8, 4) is 5.69 Å². The molecule has 6 aromatic rings. The van der Waals surface area contributed by atoms with E-state index in [0.29, 0.717) is 5.92 Å². The fraction of sp³-hybridized carbons (Fsp3) is 0.0667. The lowest BCUT2D eigenvalue weighted by Crippen LogP contribution is -2.01. The molecule has 2 aliphatic rings. The highest BCUT2D eigenvalue weighted by Gasteiger charge is 2.31. The first kappa shape index (κ1) is 16.6. The van der Waals surface area contributed by atoms with E-state index in [1.165, 1.54) is 60.6 Å². The van der Waals surface area contributed by atoms with E-state index in [4.69, 9.17) is 0 Å². The molecule has 0 amide bonds. The Morgan fingerprint density at radius 1 is 0.625 bits per heavy atom. The topological polar surface area (TPSA) is 9.86 Å². The molecule has 1 atom stereocenters. The van der Waals surface area contributed by atoms with Crippen LogP contribution in [-0.2, 0) is 0 Å². The molecule has 2 heteroatoms. The number of para-hydroxylation sites is 2. The Balaban J connectivity index is 1.72. The summed E-state index contributed by atoms with van der Waals surface area (Å²) in [5.74, 6) is 0.433. The van der Waals surface area contributed by atoms with E-state index < -0.39 is 0 Å². The molecule has 0 bridgehead atoms. The fourth-order valence-electron chi connectivity index (χ4n) is 6.19. The van der Waals surface area contributed by atoms with Crippen molar-refractivity contribution in [1.29, 1.82) is 0 Å². The third kappa shape index (κ3) is 1.87. The van der Waals surface area contributed by atoms with Gasteiger partial charge in [0.15, 0.2) is 0 Å². The lowest BCUT2D eigenvalue weighted by Gasteiger charge is -2.16. The fourth-order valence-corrected chi connectivity index (χ4v) is 6.19. The zero-order valence-electron chi connectivity index (χ0n) is 17.5. The lowest BCUT2D eigenvalue weighted by molar-refractivity contribution is 0.873. The minimum atomic E-state index is 0.433. The van der Waals surface area contributed by atoms with Gasteiger partial charge in [0.2, 0.25) is 0 Å². The van der Waals surface area contributed by atoms with Crippen LogP contribution in [0.1, 0.15) is 17.9 Å². The zero-order chi connectivity index (χ0) is 20.8. The number of benzene rings is 4. The smallest absolute Gasteiger partial charge is 0.0576 e. The van der Waals surface area contributed by atoms with Crippen LogP contribution >= 0.6 is 0 Å². The van der Waals surface area contributed by atoms with Crippen molar-refractivity contribution in [2.75, 3.05) is 0 Å². The molecule has 1 aliphatic carbocycles. The third-order valence-corrected chi connectivity index (χ3v) is 7.40. The molecule has 32 heavy (non-hydrogen) atoms. The predicted molar refractivity (Wildman–Crippen MR) is 135 cm³/mol. The van der Waals surface area contributed by atoms with Gasteiger partial charge in [-0.15, -0.1) is 0 Å². The molecule has 4 aromatic carbocycles. The van der Waals surface area contributed by atoms with Gasteiger partial charge in [-0.05, 0) is 53.8 Å². The van der Waals surface area contributed by atoms with Gasteiger partial charge in [0.05, 0.1) is 22.1 Å². The second-order valence-corrected chi connectivity index (χ2v) is 8.93. The van der Waals surface area contributed by atoms with Gasteiger partial charge in [0.25, 0.3) is 0 Å². The predicted octanol–water partition coefficient (Wildman–Crippen LogP) is 7.79. The summed E-state index contributed by atoms with van der Waals surface area (Å²) in [7, 11) is 0. The molecule has 0 N–H and O–H groups in total. The van der Waals surface area contributed by atoms with Crippen LogP contribution in [0.5, 0.6) is 0 Å². The van der Waals surface area contributed by atoms with Crippen molar-refractivity contribution in [1.82, 2.24) is 9.13 Å². The highest BCUT2D eigenvalue weighted by Crippen LogP contribution is 2.49. The Hall–Kier alpha value is -4.04. The van der Waals surface area contributed by atoms with Crippen molar-refractivity contribution in [3.63, 3.8) is 0 Å². The standard InChI is InChI=1S/C30H20N2/c1-2-9-19(10-3-1)31-25-16-7-12-21-23-14-6-13-22-20-11-4-5-15-24(20)32(30(22)23)27-18-8-17-26(31)29(27)28(21)25/h1-10,12-18,20H,11H2. The highest BCUT2D eigenvalue weighted by molar-refractivity contribution is 6.28. The van der Waals surface area contributed by atoms with E-state index in [0.717, 1.165) is 6.42 Å². The van der Waals surface area contributed by atoms with Crippen molar-refractivity contribution >= 4 is 49.3 Å². The number of fused-ring (bicyclic) bond motifs is 5. The summed E-state index contributed by atoms with van der Waals surface area (Å²) in [6.07, 6.45) is 7.91. The highest BCUT2D eigenvalue weighted by atomic mass is 15.0. The van der Waals surface area contributed by atoms with Crippen LogP contribution < -0.4 is 0 Å². The Morgan fingerprint density at radius 3 is 2.22 bits per heavy atom. The maximum absolute atomic E-state index is 2.55. The molecule has 1 aliphatic heterocycles. The Bertz CT molecular complexity index is 1790. The van der Waals surface area contributed by atoms with Crippen molar-refractivity contribution in [2.45, 2.75) is 12.3 Å². The number of nitrogens with zero attached hydrogens (tertiary/aromatic N) is 2. The molecule has 0 spiro atoms. The van der Waals surface area contributed by atoms with Crippen LogP contribution in [-0.4, -0.2) is 9.13 Å². The van der Waals surface area contributed by atoms with Gasteiger partial charge in [0.1, 0.15) is 0 Å². The first-order valence-corrected chi connectivity index (χ1v) is 11.3. The van der Waals surface area contributed by atoms with Gasteiger partial charge in [-0.25, -0.2) is 0 Å². The van der Waals surface area contributed by atoms with E-state index in [9.17, 15) is 0 Å². The monoisotopic (exact) mass is 408 g/mol. The van der Waals surface area contributed by atoms with Gasteiger partial charge >= 0.3 is 0 Å². The van der Waals surface area contributed by atoms with E-state index in [2.05, 4.69) is 112 Å². The molecular formula is C30H20N2. The van der Waals surface area contributed by atoms with Gasteiger partial charge in [-0.1, -0.05) is 66.7 Å². The minimum Gasteiger partial charge on any atom is -0.312 e. The molecule has 150 valence electrons. The quantitative estimate of drug-likeness (QED) is 0.263. The Labute approximate surface area is 185 Å². The van der Waals surface area contributed by atoms with Crippen LogP contribution in [0.4, 0.5) is 0 Å². The van der Waals surface area contributed by atoms with E-state index in [1.807, 2.05) is 0 Å². The number of allylic oxidation sites excluding steroid dienone is 4. The normalized spacial score (nSPS) is 17.0. The number of rotatable bonds is 1. The Kier molecular flexibility index (Phi) is 3.01. The van der Waals surface area contributed by atoms with Crippen LogP contribution in [0.25, 0.3) is 55.0 Å². The first-order valence-electron chi connectivity index (χ1n) is 11.3. The minimum absolute atomic E-state index is 0.433. The molecule has 0 radical (unpaired) electrons. The summed E-state index contributed by atoms with van der Waals surface area (Å²) in [4.78, 5) is 0. The molecule has 3 heterocycles. The van der Waals surface area contributed by atoms with Gasteiger partial charge in [0, 0.05) is 33.5 Å². The van der Waals surface area contributed by atoms with E-state index in [-0.39, 0.29) is 0 Å². The average molecular weight is 409 g/mol. The molecular weight excluding hydrogens is 388 g/mol. The van der Waals surface area contributed by atoms with E-state index >= 15 is 0 Å². The number of hydrogen-bond acceptors (Lipinski definition) is 0. The van der Waals surface area contributed by atoms with Gasteiger partial charge in [-0.3, -0.25) is 0 Å². The van der Waals surface area contributed by atoms with Crippen LogP contribution in [0, 0.1) is 0 Å². The molecule has 2 nitrogen and oxygen atoms in total. The average Bonchev–Trinajstić information content (AvgIpc) is 3.33. The molecule has 0 saturated carbocycles. The summed E-state index contributed by atoms with van der Waals surface area (Å²) in [5, 5.41) is 5.38. The molecule has 8 rings (SSSR count). The summed E-state index contributed by atoms with van der Waals surface area (Å²) in [5.41, 5.74) is 9.25. The first-order chi connectivity index (χ1) is 15.9. The van der Waals surface area contributed by atoms with Crippen LogP contribution in [0.2, 0.25) is 0 Å². The summed E-state index contributed by atoms with van der Waals surface area (Å²) < 4.78 is 4.98. The van der Waals surface area contributed by atoms with Crippen molar-refractivity contribution < 1.29 is 0 Å². The second kappa shape index (κ2) is 5.80. The molecule has 0 fully saturated rings. The van der Waals surface area contributed by atoms with Crippen molar-refractivity contribution in [3.05, 3.63) is 109 Å².